The number of Topliss-reactive ketones (excluding diaryl/α,β-unsaturated/α-hetero) is 2. The number of hydrogen-bond donors (Lipinski definition) is 0. The maximum Gasteiger partial charge on any atom is 1.00 e. The van der Waals surface area contributed by atoms with Crippen LogP contribution in [-0.4, -0.2) is 22.4 Å². The second kappa shape index (κ2) is 15.3. The zero-order valence-corrected chi connectivity index (χ0v) is 16.3. The zero-order chi connectivity index (χ0) is 16.1. The van der Waals surface area contributed by atoms with Crippen LogP contribution in [0, 0.1) is 0 Å². The molecule has 2 aliphatic rings. The fourth-order valence-electron chi connectivity index (χ4n) is 2.09. The molecule has 0 saturated heterocycles. The molecule has 0 N–H and O–H groups in total. The molecule has 10 heteroatoms. The van der Waals surface area contributed by atoms with E-state index in [1.54, 1.807) is 0 Å². The normalized spacial score (nSPS) is 23.1. The van der Waals surface area contributed by atoms with Crippen LogP contribution in [0.25, 0.3) is 26.4 Å². The molecule has 116 valence electrons. The second-order valence-corrected chi connectivity index (χ2v) is 5.81. The largest absolute Gasteiger partial charge is 1.00 e. The van der Waals surface area contributed by atoms with Crippen molar-refractivity contribution in [1.29, 1.82) is 0 Å². The zero-order valence-electron chi connectivity index (χ0n) is 12.7. The van der Waals surface area contributed by atoms with E-state index < -0.39 is 0 Å². The quantitative estimate of drug-likeness (QED) is 0.223. The molecule has 2 unspecified atom stereocenters. The standard InChI is InChI=1S/C6H9BrO.C6H9N3O.N3.Na/c7-5-3-1-2-4-6(5)8;7-9-8-5-3-1-2-4-6(5)10;1-3-2;/h5H,1-4H2;5H,1-4H2;;/q;;-1;+1. The Hall–Kier alpha value is -0.560. The van der Waals surface area contributed by atoms with E-state index in [0.29, 0.717) is 12.2 Å². The molecule has 8 nitrogen and oxygen atoms in total. The van der Waals surface area contributed by atoms with Gasteiger partial charge < -0.3 is 11.1 Å². The van der Waals surface area contributed by atoms with E-state index in [0.717, 1.165) is 38.5 Å². The number of halogens is 1. The predicted octanol–water partition coefficient (Wildman–Crippen LogP) is 1.57. The van der Waals surface area contributed by atoms with Crippen molar-refractivity contribution in [1.82, 2.24) is 0 Å². The molecule has 2 fully saturated rings. The SMILES string of the molecule is O=C1CCCCC1Br.[N-]=[N+]=NC1CCCCC1=O.[N-]=[N+]=[N-].[Na+]. The van der Waals surface area contributed by atoms with Crippen LogP contribution in [-0.2, 0) is 9.59 Å². The fourth-order valence-corrected chi connectivity index (χ4v) is 2.64. The van der Waals surface area contributed by atoms with Gasteiger partial charge in [0.25, 0.3) is 0 Å². The van der Waals surface area contributed by atoms with Crippen molar-refractivity contribution in [2.45, 2.75) is 62.2 Å². The van der Waals surface area contributed by atoms with Gasteiger partial charge in [-0.25, -0.2) is 0 Å². The first-order chi connectivity index (χ1) is 10.1. The van der Waals surface area contributed by atoms with Gasteiger partial charge in [0, 0.05) is 17.8 Å². The van der Waals surface area contributed by atoms with Gasteiger partial charge in [-0.05, 0) is 31.2 Å². The number of ketones is 2. The molecular weight excluding hydrogens is 363 g/mol. The minimum absolute atomic E-state index is 0. The molecule has 0 radical (unpaired) electrons. The van der Waals surface area contributed by atoms with Gasteiger partial charge in [0.2, 0.25) is 0 Å². The first-order valence-corrected chi connectivity index (χ1v) is 7.70. The smallest absolute Gasteiger partial charge is 0.373 e. The summed E-state index contributed by atoms with van der Waals surface area (Å²) in [6.07, 6.45) is 7.43. The Kier molecular flexibility index (Phi) is 16.5. The van der Waals surface area contributed by atoms with Crippen molar-refractivity contribution in [3.63, 3.8) is 0 Å². The van der Waals surface area contributed by atoms with Gasteiger partial charge in [-0.15, -0.1) is 0 Å². The van der Waals surface area contributed by atoms with Crippen molar-refractivity contribution < 1.29 is 39.1 Å². The molecule has 0 aromatic heterocycles. The Morgan fingerprint density at radius 3 is 1.82 bits per heavy atom. The van der Waals surface area contributed by atoms with Gasteiger partial charge in [0.1, 0.15) is 11.6 Å². The predicted molar refractivity (Wildman–Crippen MR) is 82.7 cm³/mol. The van der Waals surface area contributed by atoms with E-state index >= 15 is 0 Å². The van der Waals surface area contributed by atoms with Crippen LogP contribution in [0.1, 0.15) is 51.4 Å². The van der Waals surface area contributed by atoms with Crippen LogP contribution in [0.5, 0.6) is 0 Å². The van der Waals surface area contributed by atoms with E-state index in [9.17, 15) is 9.59 Å². The van der Waals surface area contributed by atoms with Crippen molar-refractivity contribution >= 4 is 27.5 Å². The van der Waals surface area contributed by atoms with Crippen LogP contribution in [0.15, 0.2) is 5.11 Å². The second-order valence-electron chi connectivity index (χ2n) is 4.70. The minimum Gasteiger partial charge on any atom is -0.373 e. The summed E-state index contributed by atoms with van der Waals surface area (Å²) in [4.78, 5) is 26.0. The van der Waals surface area contributed by atoms with Gasteiger partial charge in [-0.2, -0.15) is 0 Å². The molecule has 0 aliphatic heterocycles. The van der Waals surface area contributed by atoms with Crippen LogP contribution in [0.2, 0.25) is 0 Å². The topological polar surface area (TPSA) is 142 Å². The first kappa shape index (κ1) is 23.7. The summed E-state index contributed by atoms with van der Waals surface area (Å²) in [6, 6.07) is -0.362. The molecule has 0 heterocycles. The third-order valence-corrected chi connectivity index (χ3v) is 4.16. The third-order valence-electron chi connectivity index (χ3n) is 3.19. The Morgan fingerprint density at radius 2 is 1.45 bits per heavy atom. The van der Waals surface area contributed by atoms with Crippen LogP contribution >= 0.6 is 15.9 Å². The number of carbonyl (C=O) groups excluding carboxylic acids is 2. The maximum absolute atomic E-state index is 10.9. The molecular formula is C12H18BrN6NaO2. The van der Waals surface area contributed by atoms with Crippen molar-refractivity contribution in [3.8, 4) is 0 Å². The summed E-state index contributed by atoms with van der Waals surface area (Å²) < 4.78 is 0. The van der Waals surface area contributed by atoms with E-state index in [-0.39, 0.29) is 46.2 Å². The molecule has 2 atom stereocenters. The molecule has 0 aromatic carbocycles. The van der Waals surface area contributed by atoms with Crippen molar-refractivity contribution in [3.05, 3.63) is 26.4 Å². The molecule has 2 rings (SSSR count). The number of nitrogens with zero attached hydrogens (tertiary/aromatic N) is 6. The van der Waals surface area contributed by atoms with Gasteiger partial charge in [0.05, 0.1) is 10.9 Å². The monoisotopic (exact) mass is 380 g/mol. The molecule has 0 bridgehead atoms. The number of alkyl halides is 1. The minimum atomic E-state index is -0.362. The number of hydrogen-bond acceptors (Lipinski definition) is 3. The van der Waals surface area contributed by atoms with Crippen molar-refractivity contribution in [2.24, 2.45) is 5.11 Å². The molecule has 22 heavy (non-hydrogen) atoms. The first-order valence-electron chi connectivity index (χ1n) is 6.79. The van der Waals surface area contributed by atoms with Gasteiger partial charge in [-0.3, -0.25) is 14.5 Å². The Bertz CT molecular complexity index is 435. The molecule has 0 spiro atoms. The summed E-state index contributed by atoms with van der Waals surface area (Å²) in [6.45, 7) is 0. The summed E-state index contributed by atoms with van der Waals surface area (Å²) in [5.41, 5.74) is 21.5. The molecule has 0 amide bonds. The van der Waals surface area contributed by atoms with Gasteiger partial charge in [-0.1, -0.05) is 33.9 Å². The summed E-state index contributed by atoms with van der Waals surface area (Å²) in [7, 11) is 0. The molecule has 2 aliphatic carbocycles. The van der Waals surface area contributed by atoms with Crippen molar-refractivity contribution in [2.75, 3.05) is 0 Å². The van der Waals surface area contributed by atoms with E-state index in [2.05, 4.69) is 26.0 Å². The average Bonchev–Trinajstić information content (AvgIpc) is 2.47. The summed E-state index contributed by atoms with van der Waals surface area (Å²) in [5, 5.41) is 3.40. The average molecular weight is 381 g/mol. The maximum atomic E-state index is 10.9. The number of carbonyl (C=O) groups is 2. The van der Waals surface area contributed by atoms with Crippen LogP contribution in [0.3, 0.4) is 0 Å². The molecule has 2 saturated carbocycles. The van der Waals surface area contributed by atoms with Gasteiger partial charge in [0.15, 0.2) is 0 Å². The summed E-state index contributed by atoms with van der Waals surface area (Å²) in [5.74, 6) is 0.486. The van der Waals surface area contributed by atoms with E-state index in [1.807, 2.05) is 0 Å². The molecule has 0 aromatic rings. The number of azide groups is 1. The van der Waals surface area contributed by atoms with E-state index in [1.165, 1.54) is 11.3 Å². The number of rotatable bonds is 1. The Labute approximate surface area is 159 Å². The van der Waals surface area contributed by atoms with Crippen LogP contribution < -0.4 is 29.6 Å². The van der Waals surface area contributed by atoms with Crippen LogP contribution in [0.4, 0.5) is 0 Å². The Morgan fingerprint density at radius 1 is 0.955 bits per heavy atom. The van der Waals surface area contributed by atoms with Gasteiger partial charge >= 0.3 is 29.6 Å². The van der Waals surface area contributed by atoms with E-state index in [4.69, 9.17) is 16.6 Å². The fraction of sp³-hybridized carbons (Fsp3) is 0.833. The third kappa shape index (κ3) is 11.1. The Balaban J connectivity index is 0. The summed E-state index contributed by atoms with van der Waals surface area (Å²) >= 11 is 3.30.